The van der Waals surface area contributed by atoms with Gasteiger partial charge in [-0.15, -0.1) is 0 Å². The molecule has 0 saturated heterocycles. The van der Waals surface area contributed by atoms with Crippen LogP contribution in [0, 0.1) is 5.82 Å². The zero-order valence-corrected chi connectivity index (χ0v) is 10.7. The van der Waals surface area contributed by atoms with Crippen molar-refractivity contribution in [3.63, 3.8) is 0 Å². The van der Waals surface area contributed by atoms with Gasteiger partial charge in [0.05, 0.1) is 12.0 Å². The molecule has 6 heteroatoms. The quantitative estimate of drug-likeness (QED) is 0.855. The Bertz CT molecular complexity index is 550. The molecular formula is C13H14FN3O2. The number of hydrogen-bond donors (Lipinski definition) is 2. The summed E-state index contributed by atoms with van der Waals surface area (Å²) in [5.41, 5.74) is 2.46. The molecule has 2 N–H and O–H groups in total. The van der Waals surface area contributed by atoms with Crippen LogP contribution >= 0.6 is 0 Å². The van der Waals surface area contributed by atoms with E-state index < -0.39 is 11.4 Å². The van der Waals surface area contributed by atoms with E-state index in [4.69, 9.17) is 0 Å². The zero-order valence-electron chi connectivity index (χ0n) is 10.7. The molecule has 0 aromatic heterocycles. The highest BCUT2D eigenvalue weighted by Gasteiger charge is 2.28. The van der Waals surface area contributed by atoms with Crippen LogP contribution in [0.3, 0.4) is 0 Å². The van der Waals surface area contributed by atoms with E-state index in [0.717, 1.165) is 5.56 Å². The molecule has 1 heterocycles. The average Bonchev–Trinajstić information content (AvgIpc) is 2.76. The molecular weight excluding hydrogens is 249 g/mol. The topological polar surface area (TPSA) is 70.6 Å². The summed E-state index contributed by atoms with van der Waals surface area (Å²) in [5, 5.41) is 6.42. The first-order chi connectivity index (χ1) is 8.88. The molecule has 2 amide bonds. The van der Waals surface area contributed by atoms with Crippen molar-refractivity contribution in [2.45, 2.75) is 25.8 Å². The minimum Gasteiger partial charge on any atom is -0.342 e. The third-order valence-corrected chi connectivity index (χ3v) is 2.90. The first-order valence-corrected chi connectivity index (χ1v) is 5.82. The Kier molecular flexibility index (Phi) is 3.33. The number of nitrogens with one attached hydrogen (secondary N) is 2. The van der Waals surface area contributed by atoms with E-state index in [0.29, 0.717) is 0 Å². The maximum atomic E-state index is 12.9. The molecule has 0 aliphatic carbocycles. The summed E-state index contributed by atoms with van der Waals surface area (Å²) in [6.07, 6.45) is -0.0225. The Hall–Kier alpha value is -2.24. The van der Waals surface area contributed by atoms with Crippen LogP contribution < -0.4 is 10.7 Å². The van der Waals surface area contributed by atoms with Crippen molar-refractivity contribution in [2.75, 3.05) is 0 Å². The molecule has 1 aliphatic rings. The van der Waals surface area contributed by atoms with Gasteiger partial charge in [-0.25, -0.2) is 9.82 Å². The predicted molar refractivity (Wildman–Crippen MR) is 67.8 cm³/mol. The Labute approximate surface area is 109 Å². The van der Waals surface area contributed by atoms with Crippen LogP contribution in [0.15, 0.2) is 29.4 Å². The van der Waals surface area contributed by atoms with Crippen LogP contribution in [-0.2, 0) is 15.1 Å². The van der Waals surface area contributed by atoms with Gasteiger partial charge in [-0.3, -0.25) is 9.59 Å². The second kappa shape index (κ2) is 4.79. The highest BCUT2D eigenvalue weighted by atomic mass is 19.1. The largest absolute Gasteiger partial charge is 0.342 e. The lowest BCUT2D eigenvalue weighted by molar-refractivity contribution is -0.120. The normalized spacial score (nSPS) is 14.9. The van der Waals surface area contributed by atoms with Crippen LogP contribution in [-0.4, -0.2) is 17.5 Å². The first kappa shape index (κ1) is 13.2. The van der Waals surface area contributed by atoms with Crippen LogP contribution in [0.2, 0.25) is 0 Å². The number of halogens is 1. The predicted octanol–water partition coefficient (Wildman–Crippen LogP) is 1.05. The van der Waals surface area contributed by atoms with E-state index in [-0.39, 0.29) is 23.9 Å². The molecule has 19 heavy (non-hydrogen) atoms. The molecule has 0 fully saturated rings. The summed E-state index contributed by atoms with van der Waals surface area (Å²) >= 11 is 0. The van der Waals surface area contributed by atoms with Crippen molar-refractivity contribution in [1.29, 1.82) is 0 Å². The molecule has 0 saturated carbocycles. The highest BCUT2D eigenvalue weighted by molar-refractivity contribution is 6.43. The number of carbonyl (C=O) groups excluding carboxylic acids is 2. The Morgan fingerprint density at radius 2 is 2.00 bits per heavy atom. The monoisotopic (exact) mass is 263 g/mol. The lowest BCUT2D eigenvalue weighted by Gasteiger charge is -2.26. The van der Waals surface area contributed by atoms with Gasteiger partial charge in [0, 0.05) is 0 Å². The summed E-state index contributed by atoms with van der Waals surface area (Å²) in [4.78, 5) is 22.9. The molecule has 1 aromatic rings. The summed E-state index contributed by atoms with van der Waals surface area (Å²) in [6, 6.07) is 5.88. The van der Waals surface area contributed by atoms with Crippen molar-refractivity contribution < 1.29 is 14.0 Å². The van der Waals surface area contributed by atoms with Gasteiger partial charge in [0.15, 0.2) is 0 Å². The van der Waals surface area contributed by atoms with Crippen molar-refractivity contribution in [3.05, 3.63) is 35.6 Å². The third kappa shape index (κ3) is 2.96. The van der Waals surface area contributed by atoms with E-state index >= 15 is 0 Å². The fraction of sp³-hybridized carbons (Fsp3) is 0.308. The van der Waals surface area contributed by atoms with Gasteiger partial charge in [-0.2, -0.15) is 5.10 Å². The fourth-order valence-corrected chi connectivity index (χ4v) is 1.79. The SMILES string of the molecule is CC(C)(NC(=O)C1=NNC(=O)C1)c1ccc(F)cc1. The average molecular weight is 263 g/mol. The molecule has 5 nitrogen and oxygen atoms in total. The molecule has 1 aliphatic heterocycles. The molecule has 0 bridgehead atoms. The first-order valence-electron chi connectivity index (χ1n) is 5.82. The summed E-state index contributed by atoms with van der Waals surface area (Å²) < 4.78 is 12.9. The number of benzene rings is 1. The van der Waals surface area contributed by atoms with Crippen molar-refractivity contribution in [3.8, 4) is 0 Å². The second-order valence-corrected chi connectivity index (χ2v) is 4.86. The lowest BCUT2D eigenvalue weighted by Crippen LogP contribution is -2.44. The molecule has 0 atom stereocenters. The minimum absolute atomic E-state index is 0.0225. The Morgan fingerprint density at radius 3 is 2.53 bits per heavy atom. The van der Waals surface area contributed by atoms with Gasteiger partial charge < -0.3 is 5.32 Å². The summed E-state index contributed by atoms with van der Waals surface area (Å²) in [5.74, 6) is -1.04. The number of carbonyl (C=O) groups is 2. The Balaban J connectivity index is 2.10. The van der Waals surface area contributed by atoms with E-state index in [9.17, 15) is 14.0 Å². The number of nitrogens with zero attached hydrogens (tertiary/aromatic N) is 1. The molecule has 0 radical (unpaired) electrons. The van der Waals surface area contributed by atoms with Crippen molar-refractivity contribution >= 4 is 17.5 Å². The molecule has 2 rings (SSSR count). The van der Waals surface area contributed by atoms with Gasteiger partial charge in [0.2, 0.25) is 5.91 Å². The highest BCUT2D eigenvalue weighted by Crippen LogP contribution is 2.20. The van der Waals surface area contributed by atoms with Crippen molar-refractivity contribution in [1.82, 2.24) is 10.7 Å². The van der Waals surface area contributed by atoms with E-state index in [1.165, 1.54) is 12.1 Å². The smallest absolute Gasteiger partial charge is 0.268 e. The maximum Gasteiger partial charge on any atom is 0.268 e. The zero-order chi connectivity index (χ0) is 14.0. The summed E-state index contributed by atoms with van der Waals surface area (Å²) in [6.45, 7) is 3.59. The number of hydrazone groups is 1. The van der Waals surface area contributed by atoms with Gasteiger partial charge in [0.25, 0.3) is 5.91 Å². The standard InChI is InChI=1S/C13H14FN3O2/c1-13(2,8-3-5-9(14)6-4-8)15-12(19)10-7-11(18)17-16-10/h3-6H,7H2,1-2H3,(H,15,19)(H,17,18). The van der Waals surface area contributed by atoms with E-state index in [2.05, 4.69) is 15.8 Å². The number of hydrogen-bond acceptors (Lipinski definition) is 3. The van der Waals surface area contributed by atoms with Gasteiger partial charge >= 0.3 is 0 Å². The van der Waals surface area contributed by atoms with Crippen molar-refractivity contribution in [2.24, 2.45) is 5.10 Å². The fourth-order valence-electron chi connectivity index (χ4n) is 1.79. The molecule has 0 unspecified atom stereocenters. The van der Waals surface area contributed by atoms with Crippen LogP contribution in [0.5, 0.6) is 0 Å². The Morgan fingerprint density at radius 1 is 1.37 bits per heavy atom. The lowest BCUT2D eigenvalue weighted by atomic mass is 9.94. The van der Waals surface area contributed by atoms with Gasteiger partial charge in [0.1, 0.15) is 11.5 Å². The maximum absolute atomic E-state index is 12.9. The summed E-state index contributed by atoms with van der Waals surface area (Å²) in [7, 11) is 0. The number of rotatable bonds is 3. The van der Waals surface area contributed by atoms with Gasteiger partial charge in [-0.05, 0) is 31.5 Å². The number of amides is 2. The molecule has 1 aromatic carbocycles. The minimum atomic E-state index is -0.682. The van der Waals surface area contributed by atoms with Crippen LogP contribution in [0.4, 0.5) is 4.39 Å². The van der Waals surface area contributed by atoms with Crippen LogP contribution in [0.1, 0.15) is 25.8 Å². The van der Waals surface area contributed by atoms with Gasteiger partial charge in [-0.1, -0.05) is 12.1 Å². The van der Waals surface area contributed by atoms with E-state index in [1.807, 2.05) is 0 Å². The third-order valence-electron chi connectivity index (χ3n) is 2.90. The molecule has 100 valence electrons. The molecule has 0 spiro atoms. The van der Waals surface area contributed by atoms with Crippen LogP contribution in [0.25, 0.3) is 0 Å². The van der Waals surface area contributed by atoms with E-state index in [1.54, 1.807) is 26.0 Å². The second-order valence-electron chi connectivity index (χ2n) is 4.86.